The Labute approximate surface area is 294 Å². The highest BCUT2D eigenvalue weighted by atomic mass is 16.3. The summed E-state index contributed by atoms with van der Waals surface area (Å²) in [5.74, 6) is 0.273. The third kappa shape index (κ3) is 4.31. The Hall–Kier alpha value is -6.58. The number of rotatable bonds is 4. The monoisotopic (exact) mass is 652 g/mol. The van der Waals surface area contributed by atoms with Crippen LogP contribution in [0.4, 0.5) is 0 Å². The van der Waals surface area contributed by atoms with Crippen LogP contribution >= 0.6 is 0 Å². The van der Waals surface area contributed by atoms with E-state index in [-0.39, 0.29) is 5.92 Å². The molecule has 0 fully saturated rings. The summed E-state index contributed by atoms with van der Waals surface area (Å²) in [6.45, 7) is 0. The van der Waals surface area contributed by atoms with Gasteiger partial charge in [-0.05, 0) is 95.9 Å². The summed E-state index contributed by atoms with van der Waals surface area (Å²) in [5, 5.41) is 8.71. The highest BCUT2D eigenvalue weighted by molar-refractivity contribution is 6.11. The molecule has 1 aliphatic rings. The summed E-state index contributed by atoms with van der Waals surface area (Å²) in [6, 6.07) is 59.1. The van der Waals surface area contributed by atoms with Crippen LogP contribution in [0.3, 0.4) is 0 Å². The normalized spacial score (nSPS) is 14.3. The average Bonchev–Trinajstić information content (AvgIpc) is 3.85. The molecule has 11 rings (SSSR count). The van der Waals surface area contributed by atoms with E-state index >= 15 is 0 Å². The minimum absolute atomic E-state index is 0.273. The van der Waals surface area contributed by atoms with E-state index in [1.54, 1.807) is 0 Å². The zero-order valence-corrected chi connectivity index (χ0v) is 27.8. The first-order chi connectivity index (χ1) is 25.3. The molecule has 0 N–H and O–H groups in total. The molecule has 240 valence electrons. The lowest BCUT2D eigenvalue weighted by molar-refractivity contribution is 0.668. The molecule has 0 spiro atoms. The summed E-state index contributed by atoms with van der Waals surface area (Å²) in [4.78, 5) is 0. The van der Waals surface area contributed by atoms with E-state index in [0.717, 1.165) is 28.4 Å². The number of hydrogen-bond donors (Lipinski definition) is 0. The topological polar surface area (TPSA) is 23.0 Å². The van der Waals surface area contributed by atoms with Gasteiger partial charge in [-0.3, -0.25) is 0 Å². The molecule has 0 saturated carbocycles. The fraction of sp³-hybridized carbons (Fsp3) is 0.0417. The number of fused-ring (bicyclic) bond motifs is 9. The molecule has 1 atom stereocenters. The van der Waals surface area contributed by atoms with Crippen LogP contribution in [0.1, 0.15) is 17.9 Å². The maximum absolute atomic E-state index is 6.41. The zero-order chi connectivity index (χ0) is 33.5. The highest BCUT2D eigenvalue weighted by Crippen LogP contribution is 2.38. The molecule has 7 aromatic carbocycles. The molecular formula is C48H32N2O. The van der Waals surface area contributed by atoms with Crippen LogP contribution < -0.4 is 10.6 Å². The van der Waals surface area contributed by atoms with E-state index in [4.69, 9.17) is 4.42 Å². The van der Waals surface area contributed by atoms with Crippen LogP contribution in [-0.2, 0) is 0 Å². The van der Waals surface area contributed by atoms with Gasteiger partial charge in [0.2, 0.25) is 0 Å². The van der Waals surface area contributed by atoms with E-state index in [1.165, 1.54) is 71.3 Å². The SMILES string of the molecule is C1=c2c(n(-c3ccccc3)c3ccccc23)=CCC1c1ccc2oc3ccc(-c4ccc5c(c4)c4ccccc4n5-c4ccccc4)cc3c2c1. The van der Waals surface area contributed by atoms with Crippen LogP contribution in [0.2, 0.25) is 0 Å². The summed E-state index contributed by atoms with van der Waals surface area (Å²) in [7, 11) is 0. The van der Waals surface area contributed by atoms with Gasteiger partial charge in [0.1, 0.15) is 11.2 Å². The van der Waals surface area contributed by atoms with Gasteiger partial charge in [0, 0.05) is 54.8 Å². The minimum Gasteiger partial charge on any atom is -0.456 e. The molecule has 0 aliphatic heterocycles. The van der Waals surface area contributed by atoms with Gasteiger partial charge in [-0.25, -0.2) is 0 Å². The minimum atomic E-state index is 0.273. The first-order valence-electron chi connectivity index (χ1n) is 17.7. The van der Waals surface area contributed by atoms with Crippen LogP contribution in [0, 0.1) is 0 Å². The zero-order valence-electron chi connectivity index (χ0n) is 27.8. The average molecular weight is 653 g/mol. The lowest BCUT2D eigenvalue weighted by Crippen LogP contribution is -2.31. The van der Waals surface area contributed by atoms with Crippen LogP contribution in [0.5, 0.6) is 0 Å². The van der Waals surface area contributed by atoms with Crippen molar-refractivity contribution >= 4 is 66.8 Å². The molecule has 3 heteroatoms. The summed E-state index contributed by atoms with van der Waals surface area (Å²) >= 11 is 0. The molecule has 0 saturated heterocycles. The first-order valence-corrected chi connectivity index (χ1v) is 17.7. The molecule has 3 aromatic heterocycles. The Kier molecular flexibility index (Phi) is 6.08. The highest BCUT2D eigenvalue weighted by Gasteiger charge is 2.19. The van der Waals surface area contributed by atoms with Gasteiger partial charge in [-0.1, -0.05) is 103 Å². The van der Waals surface area contributed by atoms with Crippen molar-refractivity contribution in [3.8, 4) is 22.5 Å². The molecule has 10 aromatic rings. The second kappa shape index (κ2) is 11.0. The molecule has 1 aliphatic carbocycles. The Balaban J connectivity index is 1.03. The Morgan fingerprint density at radius 2 is 1.02 bits per heavy atom. The number of benzene rings is 7. The predicted octanol–water partition coefficient (Wildman–Crippen LogP) is 11.0. The molecular weight excluding hydrogens is 621 g/mol. The van der Waals surface area contributed by atoms with Crippen molar-refractivity contribution in [2.45, 2.75) is 12.3 Å². The predicted molar refractivity (Wildman–Crippen MR) is 212 cm³/mol. The van der Waals surface area contributed by atoms with Crippen molar-refractivity contribution < 1.29 is 4.42 Å². The summed E-state index contributed by atoms with van der Waals surface area (Å²) in [6.07, 6.45) is 5.85. The Morgan fingerprint density at radius 3 is 1.78 bits per heavy atom. The number of aromatic nitrogens is 2. The van der Waals surface area contributed by atoms with Crippen LogP contribution in [0.15, 0.2) is 168 Å². The molecule has 3 heterocycles. The van der Waals surface area contributed by atoms with Gasteiger partial charge < -0.3 is 13.6 Å². The summed E-state index contributed by atoms with van der Waals surface area (Å²) in [5.41, 5.74) is 11.6. The molecule has 3 nitrogen and oxygen atoms in total. The van der Waals surface area contributed by atoms with Crippen molar-refractivity contribution in [2.75, 3.05) is 0 Å². The van der Waals surface area contributed by atoms with Gasteiger partial charge in [-0.2, -0.15) is 0 Å². The molecule has 51 heavy (non-hydrogen) atoms. The summed E-state index contributed by atoms with van der Waals surface area (Å²) < 4.78 is 11.2. The van der Waals surface area contributed by atoms with Gasteiger partial charge in [0.15, 0.2) is 0 Å². The quantitative estimate of drug-likeness (QED) is 0.186. The van der Waals surface area contributed by atoms with Crippen LogP contribution in [0.25, 0.3) is 89.3 Å². The molecule has 0 radical (unpaired) electrons. The first kappa shape index (κ1) is 28.3. The molecule has 1 unspecified atom stereocenters. The van der Waals surface area contributed by atoms with Gasteiger partial charge in [-0.15, -0.1) is 0 Å². The van der Waals surface area contributed by atoms with Crippen molar-refractivity contribution in [3.63, 3.8) is 0 Å². The Morgan fingerprint density at radius 1 is 0.451 bits per heavy atom. The van der Waals surface area contributed by atoms with Gasteiger partial charge in [0.05, 0.1) is 16.6 Å². The lowest BCUT2D eigenvalue weighted by atomic mass is 9.90. The van der Waals surface area contributed by atoms with Crippen molar-refractivity contribution in [3.05, 3.63) is 180 Å². The van der Waals surface area contributed by atoms with E-state index in [1.807, 2.05) is 0 Å². The maximum atomic E-state index is 6.41. The molecule has 0 bridgehead atoms. The smallest absolute Gasteiger partial charge is 0.135 e. The van der Waals surface area contributed by atoms with E-state index in [0.29, 0.717) is 0 Å². The lowest BCUT2D eigenvalue weighted by Gasteiger charge is -2.15. The van der Waals surface area contributed by atoms with Crippen molar-refractivity contribution in [2.24, 2.45) is 0 Å². The standard InChI is InChI=1S/C48H32N2O/c1-3-11-35(12-4-1)49-43-17-9-7-15-37(43)39-27-31(19-23-45(39)49)33-21-25-47-41(29-33)42-30-34(22-26-48(42)51-47)32-20-24-46-40(28-32)38-16-8-10-18-44(38)50(46)36-13-5-2-6-14-36/h1-19,21-30,32H,20H2. The van der Waals surface area contributed by atoms with Crippen LogP contribution in [-0.4, -0.2) is 9.13 Å². The Bertz CT molecular complexity index is 3110. The maximum Gasteiger partial charge on any atom is 0.135 e. The third-order valence-corrected chi connectivity index (χ3v) is 10.8. The van der Waals surface area contributed by atoms with E-state index in [9.17, 15) is 0 Å². The van der Waals surface area contributed by atoms with Gasteiger partial charge in [0.25, 0.3) is 0 Å². The molecule has 0 amide bonds. The number of furan rings is 1. The number of para-hydroxylation sites is 4. The number of hydrogen-bond acceptors (Lipinski definition) is 1. The second-order valence-electron chi connectivity index (χ2n) is 13.7. The largest absolute Gasteiger partial charge is 0.456 e. The van der Waals surface area contributed by atoms with Crippen molar-refractivity contribution in [1.82, 2.24) is 9.13 Å². The fourth-order valence-electron chi connectivity index (χ4n) is 8.47. The van der Waals surface area contributed by atoms with E-state index < -0.39 is 0 Å². The van der Waals surface area contributed by atoms with Crippen molar-refractivity contribution in [1.29, 1.82) is 0 Å². The van der Waals surface area contributed by atoms with Gasteiger partial charge >= 0.3 is 0 Å². The second-order valence-corrected chi connectivity index (χ2v) is 13.7. The number of nitrogens with zero attached hydrogens (tertiary/aromatic N) is 2. The third-order valence-electron chi connectivity index (χ3n) is 10.8. The van der Waals surface area contributed by atoms with E-state index in [2.05, 4.69) is 185 Å². The fourth-order valence-corrected chi connectivity index (χ4v) is 8.47.